The van der Waals surface area contributed by atoms with E-state index in [1.807, 2.05) is 6.92 Å². The summed E-state index contributed by atoms with van der Waals surface area (Å²) < 4.78 is 32.6. The molecule has 1 aromatic carbocycles. The third-order valence-corrected chi connectivity index (χ3v) is 5.48. The van der Waals surface area contributed by atoms with Crippen molar-refractivity contribution in [2.45, 2.75) is 17.7 Å². The molecule has 20 heavy (non-hydrogen) atoms. The van der Waals surface area contributed by atoms with Crippen molar-refractivity contribution in [3.8, 4) is 5.75 Å². The average molecular weight is 312 g/mol. The van der Waals surface area contributed by atoms with Crippen molar-refractivity contribution >= 4 is 27.0 Å². The molecule has 0 saturated heterocycles. The number of rotatable bonds is 6. The number of benzene rings is 1. The van der Waals surface area contributed by atoms with Crippen LogP contribution in [0.25, 0.3) is 0 Å². The summed E-state index contributed by atoms with van der Waals surface area (Å²) in [4.78, 5) is 0.827. The van der Waals surface area contributed by atoms with Gasteiger partial charge in [0.05, 0.1) is 12.3 Å². The molecule has 1 aromatic heterocycles. The van der Waals surface area contributed by atoms with Crippen molar-refractivity contribution in [2.24, 2.45) is 5.73 Å². The fourth-order valence-electron chi connectivity index (χ4n) is 1.63. The third kappa shape index (κ3) is 3.50. The minimum absolute atomic E-state index is 0.250. The van der Waals surface area contributed by atoms with Crippen LogP contribution in [0.1, 0.15) is 11.8 Å². The number of nitrogens with two attached hydrogens (primary N) is 1. The quantitative estimate of drug-likeness (QED) is 0.858. The molecule has 0 unspecified atom stereocenters. The van der Waals surface area contributed by atoms with Crippen LogP contribution in [0.15, 0.2) is 40.6 Å². The SMILES string of the molecule is CCOc1cccc(NS(=O)(=O)c2ccc(CN)s2)c1. The van der Waals surface area contributed by atoms with Gasteiger partial charge in [-0.1, -0.05) is 6.07 Å². The van der Waals surface area contributed by atoms with Crippen molar-refractivity contribution in [1.82, 2.24) is 0 Å². The van der Waals surface area contributed by atoms with Gasteiger partial charge in [-0.15, -0.1) is 11.3 Å². The van der Waals surface area contributed by atoms with Gasteiger partial charge in [-0.3, -0.25) is 4.72 Å². The average Bonchev–Trinajstić information content (AvgIpc) is 2.88. The summed E-state index contributed by atoms with van der Waals surface area (Å²) in [7, 11) is -3.58. The van der Waals surface area contributed by atoms with Crippen LogP contribution in [0.2, 0.25) is 0 Å². The van der Waals surface area contributed by atoms with E-state index in [1.54, 1.807) is 36.4 Å². The number of hydrogen-bond donors (Lipinski definition) is 2. The molecule has 0 spiro atoms. The lowest BCUT2D eigenvalue weighted by Crippen LogP contribution is -2.11. The van der Waals surface area contributed by atoms with E-state index < -0.39 is 10.0 Å². The summed E-state index contributed by atoms with van der Waals surface area (Å²) in [5.74, 6) is 0.626. The summed E-state index contributed by atoms with van der Waals surface area (Å²) in [6.45, 7) is 2.73. The van der Waals surface area contributed by atoms with Crippen LogP contribution in [0, 0.1) is 0 Å². The van der Waals surface area contributed by atoms with E-state index in [9.17, 15) is 8.42 Å². The summed E-state index contributed by atoms with van der Waals surface area (Å²) in [6, 6.07) is 10.1. The Morgan fingerprint density at radius 1 is 1.30 bits per heavy atom. The van der Waals surface area contributed by atoms with Gasteiger partial charge in [0.1, 0.15) is 9.96 Å². The Morgan fingerprint density at radius 2 is 2.10 bits per heavy atom. The number of thiophene rings is 1. The van der Waals surface area contributed by atoms with Crippen LogP contribution in [-0.4, -0.2) is 15.0 Å². The maximum atomic E-state index is 12.2. The molecule has 0 saturated carbocycles. The standard InChI is InChI=1S/C13H16N2O3S2/c1-2-18-11-5-3-4-10(8-11)15-20(16,17)13-7-6-12(9-14)19-13/h3-8,15H,2,9,14H2,1H3. The van der Waals surface area contributed by atoms with Crippen LogP contribution >= 0.6 is 11.3 Å². The Morgan fingerprint density at radius 3 is 2.75 bits per heavy atom. The molecule has 2 aromatic rings. The topological polar surface area (TPSA) is 81.4 Å². The largest absolute Gasteiger partial charge is 0.494 e. The lowest BCUT2D eigenvalue weighted by molar-refractivity contribution is 0.340. The predicted octanol–water partition coefficient (Wildman–Crippen LogP) is 2.41. The number of anilines is 1. The van der Waals surface area contributed by atoms with E-state index in [0.29, 0.717) is 24.6 Å². The number of ether oxygens (including phenoxy) is 1. The molecule has 108 valence electrons. The zero-order valence-corrected chi connectivity index (χ0v) is 12.6. The molecule has 0 amide bonds. The van der Waals surface area contributed by atoms with E-state index in [2.05, 4.69) is 4.72 Å². The van der Waals surface area contributed by atoms with Gasteiger partial charge in [0.15, 0.2) is 0 Å². The predicted molar refractivity (Wildman–Crippen MR) is 80.6 cm³/mol. The second-order valence-corrected chi connectivity index (χ2v) is 7.07. The fourth-order valence-corrected chi connectivity index (χ4v) is 3.92. The molecule has 3 N–H and O–H groups in total. The lowest BCUT2D eigenvalue weighted by Gasteiger charge is -2.08. The van der Waals surface area contributed by atoms with Crippen LogP contribution in [0.3, 0.4) is 0 Å². The van der Waals surface area contributed by atoms with E-state index >= 15 is 0 Å². The zero-order chi connectivity index (χ0) is 14.6. The molecule has 0 aliphatic heterocycles. The first kappa shape index (κ1) is 14.8. The Kier molecular flexibility index (Phi) is 4.64. The number of hydrogen-bond acceptors (Lipinski definition) is 5. The summed E-state index contributed by atoms with van der Waals surface area (Å²) in [6.07, 6.45) is 0. The fraction of sp³-hybridized carbons (Fsp3) is 0.231. The lowest BCUT2D eigenvalue weighted by atomic mass is 10.3. The number of nitrogens with one attached hydrogen (secondary N) is 1. The summed E-state index contributed by atoms with van der Waals surface area (Å²) in [5, 5.41) is 0. The highest BCUT2D eigenvalue weighted by Crippen LogP contribution is 2.25. The Balaban J connectivity index is 2.21. The third-order valence-electron chi connectivity index (χ3n) is 2.50. The van der Waals surface area contributed by atoms with Crippen molar-refractivity contribution in [3.05, 3.63) is 41.3 Å². The molecule has 7 heteroatoms. The highest BCUT2D eigenvalue weighted by atomic mass is 32.2. The first-order valence-electron chi connectivity index (χ1n) is 6.09. The second kappa shape index (κ2) is 6.25. The molecule has 2 rings (SSSR count). The monoisotopic (exact) mass is 312 g/mol. The highest BCUT2D eigenvalue weighted by molar-refractivity contribution is 7.94. The van der Waals surface area contributed by atoms with Crippen molar-refractivity contribution in [2.75, 3.05) is 11.3 Å². The first-order valence-corrected chi connectivity index (χ1v) is 8.39. The molecule has 5 nitrogen and oxygen atoms in total. The maximum Gasteiger partial charge on any atom is 0.271 e. The van der Waals surface area contributed by atoms with Crippen LogP contribution in [0.4, 0.5) is 5.69 Å². The van der Waals surface area contributed by atoms with E-state index in [0.717, 1.165) is 4.88 Å². The summed E-state index contributed by atoms with van der Waals surface area (Å²) >= 11 is 1.17. The Hall–Kier alpha value is -1.57. The van der Waals surface area contributed by atoms with Crippen molar-refractivity contribution in [1.29, 1.82) is 0 Å². The molecule has 0 aliphatic carbocycles. The Bertz CT molecular complexity index is 680. The van der Waals surface area contributed by atoms with Crippen LogP contribution in [0.5, 0.6) is 5.75 Å². The Labute approximate surface area is 122 Å². The molecule has 0 bridgehead atoms. The van der Waals surface area contributed by atoms with Gasteiger partial charge >= 0.3 is 0 Å². The molecule has 1 heterocycles. The highest BCUT2D eigenvalue weighted by Gasteiger charge is 2.16. The van der Waals surface area contributed by atoms with Gasteiger partial charge in [0.25, 0.3) is 10.0 Å². The molecule has 0 aliphatic rings. The summed E-state index contributed by atoms with van der Waals surface area (Å²) in [5.41, 5.74) is 5.96. The van der Waals surface area contributed by atoms with Crippen molar-refractivity contribution < 1.29 is 13.2 Å². The minimum Gasteiger partial charge on any atom is -0.494 e. The normalized spacial score (nSPS) is 11.3. The minimum atomic E-state index is -3.58. The molecular weight excluding hydrogens is 296 g/mol. The van der Waals surface area contributed by atoms with E-state index in [4.69, 9.17) is 10.5 Å². The van der Waals surface area contributed by atoms with Gasteiger partial charge in [0.2, 0.25) is 0 Å². The van der Waals surface area contributed by atoms with Crippen molar-refractivity contribution in [3.63, 3.8) is 0 Å². The smallest absolute Gasteiger partial charge is 0.271 e. The van der Waals surface area contributed by atoms with Gasteiger partial charge < -0.3 is 10.5 Å². The molecule has 0 atom stereocenters. The number of sulfonamides is 1. The van der Waals surface area contributed by atoms with Gasteiger partial charge in [0, 0.05) is 17.5 Å². The van der Waals surface area contributed by atoms with Gasteiger partial charge in [-0.05, 0) is 31.2 Å². The van der Waals surface area contributed by atoms with E-state index in [1.165, 1.54) is 11.3 Å². The first-order chi connectivity index (χ1) is 9.55. The maximum absolute atomic E-state index is 12.2. The van der Waals surface area contributed by atoms with E-state index in [-0.39, 0.29) is 4.21 Å². The molecule has 0 fully saturated rings. The second-order valence-electron chi connectivity index (χ2n) is 3.99. The van der Waals surface area contributed by atoms with Crippen LogP contribution < -0.4 is 15.2 Å². The molecular formula is C13H16N2O3S2. The zero-order valence-electron chi connectivity index (χ0n) is 11.0. The van der Waals surface area contributed by atoms with Gasteiger partial charge in [-0.25, -0.2) is 8.42 Å². The molecule has 0 radical (unpaired) electrons. The van der Waals surface area contributed by atoms with Crippen LogP contribution in [-0.2, 0) is 16.6 Å². The van der Waals surface area contributed by atoms with Gasteiger partial charge in [-0.2, -0.15) is 0 Å².